The van der Waals surface area contributed by atoms with Crippen LogP contribution in [0.5, 0.6) is 0 Å². The lowest BCUT2D eigenvalue weighted by Crippen LogP contribution is -2.39. The summed E-state index contributed by atoms with van der Waals surface area (Å²) in [6.45, 7) is 1.72. The smallest absolute Gasteiger partial charge is 0.410 e. The van der Waals surface area contributed by atoms with E-state index in [1.165, 1.54) is 6.20 Å². The highest BCUT2D eigenvalue weighted by atomic mass is 16.6. The Labute approximate surface area is 122 Å². The number of nitriles is 1. The second-order valence-electron chi connectivity index (χ2n) is 4.80. The first-order valence-electron chi connectivity index (χ1n) is 6.68. The molecule has 0 bridgehead atoms. The van der Waals surface area contributed by atoms with Crippen molar-refractivity contribution in [1.29, 1.82) is 5.26 Å². The number of benzene rings is 1. The zero-order valence-electron chi connectivity index (χ0n) is 11.4. The van der Waals surface area contributed by atoms with E-state index in [-0.39, 0.29) is 12.7 Å². The molecule has 1 aliphatic rings. The van der Waals surface area contributed by atoms with Crippen molar-refractivity contribution in [2.45, 2.75) is 19.7 Å². The van der Waals surface area contributed by atoms with E-state index in [2.05, 4.69) is 11.2 Å². The van der Waals surface area contributed by atoms with Gasteiger partial charge in [0.25, 0.3) is 0 Å². The topological polar surface area (TPSA) is 71.2 Å². The molecule has 6 nitrogen and oxygen atoms in total. The summed E-state index contributed by atoms with van der Waals surface area (Å²) in [4.78, 5) is 13.7. The van der Waals surface area contributed by atoms with Crippen molar-refractivity contribution in [2.24, 2.45) is 0 Å². The maximum absolute atomic E-state index is 12.1. The predicted octanol–water partition coefficient (Wildman–Crippen LogP) is 1.91. The number of carbonyl (C=O) groups is 1. The number of nitrogens with zero attached hydrogens (tertiary/aromatic N) is 4. The molecule has 1 aromatic heterocycles. The number of amides is 1. The Bertz CT molecular complexity index is 687. The van der Waals surface area contributed by atoms with Crippen molar-refractivity contribution >= 4 is 6.09 Å². The average molecular weight is 282 g/mol. The third kappa shape index (κ3) is 2.72. The zero-order valence-corrected chi connectivity index (χ0v) is 11.4. The molecular formula is C15H14N4O2. The van der Waals surface area contributed by atoms with Gasteiger partial charge < -0.3 is 9.64 Å². The number of rotatable bonds is 2. The molecule has 0 aliphatic carbocycles. The monoisotopic (exact) mass is 282 g/mol. The highest BCUT2D eigenvalue weighted by Gasteiger charge is 2.24. The van der Waals surface area contributed by atoms with Crippen LogP contribution in [0.3, 0.4) is 0 Å². The third-order valence-electron chi connectivity index (χ3n) is 3.45. The lowest BCUT2D eigenvalue weighted by Gasteiger charge is -2.27. The first-order valence-corrected chi connectivity index (χ1v) is 6.68. The average Bonchev–Trinajstić information content (AvgIpc) is 2.95. The molecule has 1 aliphatic heterocycles. The molecule has 2 heterocycles. The van der Waals surface area contributed by atoms with Crippen LogP contribution in [-0.2, 0) is 24.4 Å². The summed E-state index contributed by atoms with van der Waals surface area (Å²) in [5.74, 6) is 0. The van der Waals surface area contributed by atoms with Gasteiger partial charge in [-0.1, -0.05) is 30.3 Å². The third-order valence-corrected chi connectivity index (χ3v) is 3.45. The lowest BCUT2D eigenvalue weighted by molar-refractivity contribution is 0.0858. The number of hydrogen-bond donors (Lipinski definition) is 0. The van der Waals surface area contributed by atoms with Gasteiger partial charge in [-0.15, -0.1) is 0 Å². The largest absolute Gasteiger partial charge is 0.445 e. The number of fused-ring (bicyclic) bond motifs is 1. The number of carbonyl (C=O) groups excluding carboxylic acids is 1. The number of ether oxygens (including phenoxy) is 1. The van der Waals surface area contributed by atoms with Crippen LogP contribution < -0.4 is 0 Å². The molecule has 0 saturated carbocycles. The molecule has 2 aromatic rings. The maximum atomic E-state index is 12.1. The van der Waals surface area contributed by atoms with Crippen LogP contribution in [0.1, 0.15) is 16.8 Å². The predicted molar refractivity (Wildman–Crippen MR) is 74.0 cm³/mol. The fourth-order valence-electron chi connectivity index (χ4n) is 2.31. The fraction of sp³-hybridized carbons (Fsp3) is 0.267. The van der Waals surface area contributed by atoms with Gasteiger partial charge >= 0.3 is 6.09 Å². The van der Waals surface area contributed by atoms with Gasteiger partial charge in [0.05, 0.1) is 30.5 Å². The van der Waals surface area contributed by atoms with Crippen LogP contribution in [0.25, 0.3) is 0 Å². The van der Waals surface area contributed by atoms with E-state index in [9.17, 15) is 4.79 Å². The van der Waals surface area contributed by atoms with Gasteiger partial charge in [-0.2, -0.15) is 10.4 Å². The molecule has 3 rings (SSSR count). The van der Waals surface area contributed by atoms with Crippen LogP contribution in [0, 0.1) is 11.3 Å². The van der Waals surface area contributed by atoms with E-state index < -0.39 is 0 Å². The molecule has 0 saturated heterocycles. The number of aromatic nitrogens is 2. The maximum Gasteiger partial charge on any atom is 0.410 e. The Morgan fingerprint density at radius 3 is 2.90 bits per heavy atom. The highest BCUT2D eigenvalue weighted by molar-refractivity contribution is 5.68. The molecule has 6 heteroatoms. The molecule has 21 heavy (non-hydrogen) atoms. The molecule has 0 atom stereocenters. The SMILES string of the molecule is N#Cc1cnn2c1CN(C(=O)OCc1ccccc1)CC2. The molecule has 1 amide bonds. The van der Waals surface area contributed by atoms with E-state index in [0.717, 1.165) is 11.3 Å². The molecule has 0 spiro atoms. The minimum atomic E-state index is -0.366. The van der Waals surface area contributed by atoms with Crippen molar-refractivity contribution in [3.05, 3.63) is 53.3 Å². The first kappa shape index (κ1) is 13.2. The lowest BCUT2D eigenvalue weighted by atomic mass is 10.2. The quantitative estimate of drug-likeness (QED) is 0.843. The van der Waals surface area contributed by atoms with Crippen LogP contribution in [0.2, 0.25) is 0 Å². The van der Waals surface area contributed by atoms with Gasteiger partial charge in [0, 0.05) is 6.54 Å². The van der Waals surface area contributed by atoms with Gasteiger partial charge in [-0.25, -0.2) is 4.79 Å². The van der Waals surface area contributed by atoms with E-state index in [1.54, 1.807) is 9.58 Å². The van der Waals surface area contributed by atoms with Crippen LogP contribution in [-0.4, -0.2) is 27.3 Å². The Balaban J connectivity index is 1.63. The summed E-state index contributed by atoms with van der Waals surface area (Å²) in [5, 5.41) is 13.2. The Kier molecular flexibility index (Phi) is 3.56. The highest BCUT2D eigenvalue weighted by Crippen LogP contribution is 2.16. The molecular weight excluding hydrogens is 268 g/mol. The summed E-state index contributed by atoms with van der Waals surface area (Å²) in [6, 6.07) is 11.6. The molecule has 106 valence electrons. The summed E-state index contributed by atoms with van der Waals surface area (Å²) in [7, 11) is 0. The van der Waals surface area contributed by atoms with Gasteiger partial charge in [-0.05, 0) is 5.56 Å². The fourth-order valence-corrected chi connectivity index (χ4v) is 2.31. The second kappa shape index (κ2) is 5.67. The van der Waals surface area contributed by atoms with E-state index in [0.29, 0.717) is 25.2 Å². The van der Waals surface area contributed by atoms with Crippen LogP contribution >= 0.6 is 0 Å². The Morgan fingerprint density at radius 2 is 2.14 bits per heavy atom. The van der Waals surface area contributed by atoms with Crippen molar-refractivity contribution < 1.29 is 9.53 Å². The van der Waals surface area contributed by atoms with E-state index in [4.69, 9.17) is 10.00 Å². The second-order valence-corrected chi connectivity index (χ2v) is 4.80. The van der Waals surface area contributed by atoms with E-state index in [1.807, 2.05) is 30.3 Å². The van der Waals surface area contributed by atoms with Crippen molar-refractivity contribution in [3.63, 3.8) is 0 Å². The van der Waals surface area contributed by atoms with Crippen molar-refractivity contribution in [1.82, 2.24) is 14.7 Å². The van der Waals surface area contributed by atoms with Crippen molar-refractivity contribution in [2.75, 3.05) is 6.54 Å². The van der Waals surface area contributed by atoms with Gasteiger partial charge in [0.1, 0.15) is 12.7 Å². The summed E-state index contributed by atoms with van der Waals surface area (Å²) in [6.07, 6.45) is 1.17. The van der Waals surface area contributed by atoms with Gasteiger partial charge in [0.2, 0.25) is 0 Å². The van der Waals surface area contributed by atoms with E-state index >= 15 is 0 Å². The summed E-state index contributed by atoms with van der Waals surface area (Å²) < 4.78 is 7.07. The minimum absolute atomic E-state index is 0.251. The normalized spacial score (nSPS) is 13.4. The van der Waals surface area contributed by atoms with Gasteiger partial charge in [-0.3, -0.25) is 4.68 Å². The standard InChI is InChI=1S/C15H14N4O2/c16-8-13-9-17-19-7-6-18(10-14(13)19)15(20)21-11-12-4-2-1-3-5-12/h1-5,9H,6-7,10-11H2. The Hall–Kier alpha value is -2.81. The first-order chi connectivity index (χ1) is 10.3. The van der Waals surface area contributed by atoms with Gasteiger partial charge in [0.15, 0.2) is 0 Å². The van der Waals surface area contributed by atoms with Crippen LogP contribution in [0.4, 0.5) is 4.79 Å². The summed E-state index contributed by atoms with van der Waals surface area (Å²) >= 11 is 0. The minimum Gasteiger partial charge on any atom is -0.445 e. The Morgan fingerprint density at radius 1 is 1.33 bits per heavy atom. The van der Waals surface area contributed by atoms with Crippen molar-refractivity contribution in [3.8, 4) is 6.07 Å². The number of hydrogen-bond acceptors (Lipinski definition) is 4. The zero-order chi connectivity index (χ0) is 14.7. The molecule has 0 fully saturated rings. The molecule has 0 N–H and O–H groups in total. The molecule has 0 unspecified atom stereocenters. The molecule has 0 radical (unpaired) electrons. The molecule has 1 aromatic carbocycles. The van der Waals surface area contributed by atoms with Crippen LogP contribution in [0.15, 0.2) is 36.5 Å². The summed E-state index contributed by atoms with van der Waals surface area (Å²) in [5.41, 5.74) is 2.22.